The SMILES string of the molecule is O=C(COCC(F)(F)F)Nc1cc(-c2cccc([N+](=O)[O-])c2)[nH]n1. The van der Waals surface area contributed by atoms with Crippen LogP contribution in [0.3, 0.4) is 0 Å². The Morgan fingerprint density at radius 3 is 2.79 bits per heavy atom. The maximum atomic E-state index is 11.9. The highest BCUT2D eigenvalue weighted by atomic mass is 19.4. The number of rotatable bonds is 6. The molecule has 0 fully saturated rings. The first kappa shape index (κ1) is 17.4. The Morgan fingerprint density at radius 2 is 2.12 bits per heavy atom. The van der Waals surface area contributed by atoms with Crippen LogP contribution in [0.4, 0.5) is 24.7 Å². The molecule has 2 aromatic rings. The largest absolute Gasteiger partial charge is 0.411 e. The first-order valence-corrected chi connectivity index (χ1v) is 6.49. The number of halogens is 3. The quantitative estimate of drug-likeness (QED) is 0.618. The second-order valence-corrected chi connectivity index (χ2v) is 4.63. The van der Waals surface area contributed by atoms with E-state index in [0.717, 1.165) is 0 Å². The molecule has 0 aliphatic rings. The zero-order chi connectivity index (χ0) is 17.7. The van der Waals surface area contributed by atoms with Crippen LogP contribution in [-0.4, -0.2) is 40.4 Å². The van der Waals surface area contributed by atoms with Crippen LogP contribution in [0.15, 0.2) is 30.3 Å². The summed E-state index contributed by atoms with van der Waals surface area (Å²) in [5.41, 5.74) is 0.740. The first-order valence-electron chi connectivity index (χ1n) is 6.49. The standard InChI is InChI=1S/C13H11F3N4O4/c14-13(15,16)7-24-6-12(21)17-11-5-10(18-19-11)8-2-1-3-9(4-8)20(22)23/h1-5H,6-7H2,(H2,17,18,19,21). The van der Waals surface area contributed by atoms with E-state index < -0.39 is 30.2 Å². The number of carbonyl (C=O) groups excluding carboxylic acids is 1. The molecule has 1 aromatic carbocycles. The molecule has 0 unspecified atom stereocenters. The van der Waals surface area contributed by atoms with Gasteiger partial charge >= 0.3 is 6.18 Å². The van der Waals surface area contributed by atoms with Gasteiger partial charge in [0, 0.05) is 23.8 Å². The molecule has 1 aromatic heterocycles. The lowest BCUT2D eigenvalue weighted by Crippen LogP contribution is -2.24. The number of aromatic amines is 1. The number of ether oxygens (including phenoxy) is 1. The molecule has 2 N–H and O–H groups in total. The van der Waals surface area contributed by atoms with Gasteiger partial charge in [-0.3, -0.25) is 20.0 Å². The van der Waals surface area contributed by atoms with Gasteiger partial charge < -0.3 is 10.1 Å². The number of alkyl halides is 3. The fourth-order valence-electron chi connectivity index (χ4n) is 1.76. The average Bonchev–Trinajstić information content (AvgIpc) is 2.94. The normalized spacial score (nSPS) is 11.3. The summed E-state index contributed by atoms with van der Waals surface area (Å²) >= 11 is 0. The number of amides is 1. The van der Waals surface area contributed by atoms with Crippen LogP contribution >= 0.6 is 0 Å². The van der Waals surface area contributed by atoms with Gasteiger partial charge in [-0.15, -0.1) is 0 Å². The number of H-pyrrole nitrogens is 1. The van der Waals surface area contributed by atoms with Crippen molar-refractivity contribution >= 4 is 17.4 Å². The molecule has 0 bridgehead atoms. The Morgan fingerprint density at radius 1 is 1.38 bits per heavy atom. The maximum absolute atomic E-state index is 11.9. The molecule has 1 amide bonds. The van der Waals surface area contributed by atoms with Crippen molar-refractivity contribution in [3.63, 3.8) is 0 Å². The molecule has 2 rings (SSSR count). The van der Waals surface area contributed by atoms with Crippen LogP contribution in [0.25, 0.3) is 11.3 Å². The molecule has 0 radical (unpaired) electrons. The van der Waals surface area contributed by atoms with Crippen molar-refractivity contribution in [1.82, 2.24) is 10.2 Å². The highest BCUT2D eigenvalue weighted by molar-refractivity contribution is 5.91. The number of benzene rings is 1. The van der Waals surface area contributed by atoms with Crippen molar-refractivity contribution in [2.75, 3.05) is 18.5 Å². The summed E-state index contributed by atoms with van der Waals surface area (Å²) in [6.45, 7) is -2.31. The van der Waals surface area contributed by atoms with E-state index in [1.165, 1.54) is 24.3 Å². The number of anilines is 1. The molecular weight excluding hydrogens is 333 g/mol. The summed E-state index contributed by atoms with van der Waals surface area (Å²) in [4.78, 5) is 21.6. The van der Waals surface area contributed by atoms with E-state index >= 15 is 0 Å². The van der Waals surface area contributed by atoms with Gasteiger partial charge in [0.15, 0.2) is 5.82 Å². The fourth-order valence-corrected chi connectivity index (χ4v) is 1.76. The highest BCUT2D eigenvalue weighted by Gasteiger charge is 2.27. The molecule has 0 aliphatic heterocycles. The Kier molecular flexibility index (Phi) is 5.14. The number of nitro groups is 1. The lowest BCUT2D eigenvalue weighted by atomic mass is 10.1. The molecule has 0 atom stereocenters. The van der Waals surface area contributed by atoms with Gasteiger partial charge in [0.05, 0.1) is 10.6 Å². The lowest BCUT2D eigenvalue weighted by molar-refractivity contribution is -0.384. The Balaban J connectivity index is 1.97. The first-order chi connectivity index (χ1) is 11.2. The van der Waals surface area contributed by atoms with Gasteiger partial charge in [-0.2, -0.15) is 18.3 Å². The second-order valence-electron chi connectivity index (χ2n) is 4.63. The van der Waals surface area contributed by atoms with E-state index in [1.807, 2.05) is 0 Å². The van der Waals surface area contributed by atoms with Gasteiger partial charge in [0.25, 0.3) is 11.6 Å². The van der Waals surface area contributed by atoms with Crippen LogP contribution in [-0.2, 0) is 9.53 Å². The van der Waals surface area contributed by atoms with Crippen LogP contribution in [0, 0.1) is 10.1 Å². The van der Waals surface area contributed by atoms with Crippen molar-refractivity contribution in [3.05, 3.63) is 40.4 Å². The predicted molar refractivity (Wildman–Crippen MR) is 76.2 cm³/mol. The third-order valence-corrected chi connectivity index (χ3v) is 2.71. The van der Waals surface area contributed by atoms with E-state index in [1.54, 1.807) is 6.07 Å². The number of carbonyl (C=O) groups is 1. The molecule has 1 heterocycles. The molecule has 0 saturated carbocycles. The molecule has 8 nitrogen and oxygen atoms in total. The Hall–Kier alpha value is -2.95. The summed E-state index contributed by atoms with van der Waals surface area (Å²) in [6.07, 6.45) is -4.51. The number of nitrogens with one attached hydrogen (secondary N) is 2. The maximum Gasteiger partial charge on any atom is 0.411 e. The van der Waals surface area contributed by atoms with Crippen molar-refractivity contribution in [3.8, 4) is 11.3 Å². The molecule has 24 heavy (non-hydrogen) atoms. The minimum atomic E-state index is -4.51. The number of hydrogen-bond acceptors (Lipinski definition) is 5. The van der Waals surface area contributed by atoms with Gasteiger partial charge in [-0.1, -0.05) is 12.1 Å². The summed E-state index contributed by atoms with van der Waals surface area (Å²) in [6, 6.07) is 7.10. The smallest absolute Gasteiger partial charge is 0.362 e. The van der Waals surface area contributed by atoms with E-state index in [9.17, 15) is 28.1 Å². The average molecular weight is 344 g/mol. The molecule has 0 saturated heterocycles. The van der Waals surface area contributed by atoms with Crippen molar-refractivity contribution in [1.29, 1.82) is 0 Å². The zero-order valence-electron chi connectivity index (χ0n) is 12.0. The third-order valence-electron chi connectivity index (χ3n) is 2.71. The summed E-state index contributed by atoms with van der Waals surface area (Å²) in [5, 5.41) is 19.3. The van der Waals surface area contributed by atoms with Crippen molar-refractivity contribution < 1.29 is 27.6 Å². The van der Waals surface area contributed by atoms with Crippen molar-refractivity contribution in [2.24, 2.45) is 0 Å². The fraction of sp³-hybridized carbons (Fsp3) is 0.231. The summed E-state index contributed by atoms with van der Waals surface area (Å²) in [7, 11) is 0. The third kappa shape index (κ3) is 5.05. The molecule has 0 aliphatic carbocycles. The van der Waals surface area contributed by atoms with Crippen molar-refractivity contribution in [2.45, 2.75) is 6.18 Å². The lowest BCUT2D eigenvalue weighted by Gasteiger charge is -2.06. The number of aromatic nitrogens is 2. The van der Waals surface area contributed by atoms with Gasteiger partial charge in [-0.05, 0) is 0 Å². The molecule has 11 heteroatoms. The minimum absolute atomic E-state index is 0.0529. The predicted octanol–water partition coefficient (Wildman–Crippen LogP) is 2.50. The van der Waals surface area contributed by atoms with E-state index in [4.69, 9.17) is 0 Å². The van der Waals surface area contributed by atoms with Crippen LogP contribution in [0.2, 0.25) is 0 Å². The topological polar surface area (TPSA) is 110 Å². The molecule has 0 spiro atoms. The Bertz CT molecular complexity index is 745. The van der Waals surface area contributed by atoms with Gasteiger partial charge in [0.1, 0.15) is 13.2 Å². The summed E-state index contributed by atoms with van der Waals surface area (Å²) in [5.74, 6) is -0.756. The second kappa shape index (κ2) is 7.08. The summed E-state index contributed by atoms with van der Waals surface area (Å²) < 4.78 is 39.9. The van der Waals surface area contributed by atoms with E-state index in [0.29, 0.717) is 11.3 Å². The molecule has 128 valence electrons. The van der Waals surface area contributed by atoms with Crippen LogP contribution in [0.5, 0.6) is 0 Å². The van der Waals surface area contributed by atoms with Gasteiger partial charge in [0.2, 0.25) is 0 Å². The highest BCUT2D eigenvalue weighted by Crippen LogP contribution is 2.23. The van der Waals surface area contributed by atoms with E-state index in [-0.39, 0.29) is 11.5 Å². The monoisotopic (exact) mass is 344 g/mol. The number of hydrogen-bond donors (Lipinski definition) is 2. The van der Waals surface area contributed by atoms with Crippen LogP contribution < -0.4 is 5.32 Å². The Labute approximate surface area is 132 Å². The van der Waals surface area contributed by atoms with Gasteiger partial charge in [-0.25, -0.2) is 0 Å². The number of non-ortho nitro benzene ring substituents is 1. The number of nitrogens with zero attached hydrogens (tertiary/aromatic N) is 2. The number of nitro benzene ring substituents is 1. The van der Waals surface area contributed by atoms with E-state index in [2.05, 4.69) is 20.3 Å². The zero-order valence-corrected chi connectivity index (χ0v) is 12.0. The van der Waals surface area contributed by atoms with Crippen LogP contribution in [0.1, 0.15) is 0 Å². The molecular formula is C13H11F3N4O4. The minimum Gasteiger partial charge on any atom is -0.362 e.